The Morgan fingerprint density at radius 3 is 2.08 bits per heavy atom. The summed E-state index contributed by atoms with van der Waals surface area (Å²) in [5, 5.41) is 3.39. The smallest absolute Gasteiger partial charge is 0.321 e. The summed E-state index contributed by atoms with van der Waals surface area (Å²) in [5.41, 5.74) is 2.62. The van der Waals surface area contributed by atoms with Crippen LogP contribution in [0.15, 0.2) is 83.9 Å². The van der Waals surface area contributed by atoms with E-state index >= 15 is 0 Å². The molecule has 7 heteroatoms. The number of nitrogens with one attached hydrogen (secondary N) is 1. The Labute approximate surface area is 231 Å². The third-order valence-electron chi connectivity index (χ3n) is 4.94. The number of urea groups is 1. The van der Waals surface area contributed by atoms with Crippen molar-refractivity contribution in [1.82, 2.24) is 4.90 Å². The van der Waals surface area contributed by atoms with Gasteiger partial charge >= 0.3 is 6.03 Å². The van der Waals surface area contributed by atoms with Gasteiger partial charge in [-0.05, 0) is 36.2 Å². The maximum absolute atomic E-state index is 11.3. The zero-order valence-electron chi connectivity index (χ0n) is 21.9. The van der Waals surface area contributed by atoms with E-state index in [0.717, 1.165) is 30.4 Å². The van der Waals surface area contributed by atoms with Crippen molar-refractivity contribution >= 4 is 53.1 Å². The summed E-state index contributed by atoms with van der Waals surface area (Å²) in [6.07, 6.45) is 9.84. The quantitative estimate of drug-likeness (QED) is 0.167. The largest absolute Gasteiger partial charge is 0.331 e. The first-order chi connectivity index (χ1) is 17.9. The first-order valence-electron chi connectivity index (χ1n) is 12.4. The van der Waals surface area contributed by atoms with Gasteiger partial charge < -0.3 is 15.0 Å². The second-order valence-electron chi connectivity index (χ2n) is 8.30. The molecule has 0 aliphatic rings. The molecule has 0 aromatic heterocycles. The van der Waals surface area contributed by atoms with Gasteiger partial charge in [-0.1, -0.05) is 110 Å². The van der Waals surface area contributed by atoms with Crippen molar-refractivity contribution in [2.24, 2.45) is 4.99 Å². The molecule has 0 bridgehead atoms. The number of hydrogen-bond donors (Lipinski definition) is 1. The van der Waals surface area contributed by atoms with Gasteiger partial charge in [-0.2, -0.15) is 0 Å². The molecular weight excluding hydrogens is 505 g/mol. The Kier molecular flexibility index (Phi) is 17.2. The molecule has 0 unspecified atom stereocenters. The van der Waals surface area contributed by atoms with Gasteiger partial charge in [0.1, 0.15) is 6.29 Å². The van der Waals surface area contributed by atoms with Crippen molar-refractivity contribution < 1.29 is 9.59 Å². The maximum atomic E-state index is 11.3. The van der Waals surface area contributed by atoms with E-state index in [4.69, 9.17) is 23.2 Å². The van der Waals surface area contributed by atoms with Gasteiger partial charge in [0.25, 0.3) is 0 Å². The Bertz CT molecular complexity index is 1020. The Hall–Kier alpha value is -3.15. The predicted molar refractivity (Wildman–Crippen MR) is 159 cm³/mol. The number of amides is 2. The van der Waals surface area contributed by atoms with Crippen molar-refractivity contribution in [3.63, 3.8) is 0 Å². The van der Waals surface area contributed by atoms with Gasteiger partial charge in [0.2, 0.25) is 0 Å². The van der Waals surface area contributed by atoms with Crippen molar-refractivity contribution in [2.75, 3.05) is 19.4 Å². The number of carbonyl (C=O) groups is 2. The Morgan fingerprint density at radius 2 is 1.49 bits per heavy atom. The first-order valence-corrected chi connectivity index (χ1v) is 13.1. The van der Waals surface area contributed by atoms with Crippen LogP contribution in [0.5, 0.6) is 0 Å². The molecule has 0 saturated heterocycles. The highest BCUT2D eigenvalue weighted by Crippen LogP contribution is 2.29. The van der Waals surface area contributed by atoms with E-state index in [0.29, 0.717) is 15.7 Å². The minimum absolute atomic E-state index is 0.242. The van der Waals surface area contributed by atoms with E-state index in [9.17, 15) is 9.59 Å². The van der Waals surface area contributed by atoms with Crippen molar-refractivity contribution in [3.8, 4) is 0 Å². The van der Waals surface area contributed by atoms with Crippen molar-refractivity contribution in [2.45, 2.75) is 45.4 Å². The lowest BCUT2D eigenvalue weighted by molar-refractivity contribution is -0.107. The SMILES string of the molecule is C(=Nc1ccccc1)c1ccccc1.CCCCCCCC=O.CN(C)C(=O)Nc1cccc(Cl)c1Cl. The molecule has 3 aromatic carbocycles. The van der Waals surface area contributed by atoms with Gasteiger partial charge in [-0.15, -0.1) is 0 Å². The van der Waals surface area contributed by atoms with Gasteiger partial charge in [-0.3, -0.25) is 4.99 Å². The normalized spacial score (nSPS) is 9.97. The minimum Gasteiger partial charge on any atom is -0.331 e. The van der Waals surface area contributed by atoms with Crippen LogP contribution in [-0.2, 0) is 4.79 Å². The predicted octanol–water partition coefficient (Wildman–Crippen LogP) is 9.07. The number of anilines is 1. The average molecular weight is 543 g/mol. The molecule has 0 radical (unpaired) electrons. The summed E-state index contributed by atoms with van der Waals surface area (Å²) in [6.45, 7) is 2.19. The van der Waals surface area contributed by atoms with Crippen LogP contribution >= 0.6 is 23.2 Å². The number of unbranched alkanes of at least 4 members (excludes halogenated alkanes) is 5. The zero-order chi connectivity index (χ0) is 27.3. The molecule has 0 spiro atoms. The highest BCUT2D eigenvalue weighted by atomic mass is 35.5. The lowest BCUT2D eigenvalue weighted by atomic mass is 10.1. The number of rotatable bonds is 9. The van der Waals surface area contributed by atoms with Crippen molar-refractivity contribution in [1.29, 1.82) is 0 Å². The summed E-state index contributed by atoms with van der Waals surface area (Å²) >= 11 is 11.7. The number of aldehydes is 1. The van der Waals surface area contributed by atoms with Gasteiger partial charge in [0.05, 0.1) is 21.4 Å². The third-order valence-corrected chi connectivity index (χ3v) is 5.76. The molecule has 198 valence electrons. The van der Waals surface area contributed by atoms with Crippen LogP contribution in [-0.4, -0.2) is 37.5 Å². The zero-order valence-corrected chi connectivity index (χ0v) is 23.4. The highest BCUT2D eigenvalue weighted by molar-refractivity contribution is 6.43. The van der Waals surface area contributed by atoms with Crippen LogP contribution in [0, 0.1) is 0 Å². The summed E-state index contributed by atoms with van der Waals surface area (Å²) in [4.78, 5) is 26.9. The van der Waals surface area contributed by atoms with E-state index in [1.165, 1.54) is 30.6 Å². The molecular formula is C30H37Cl2N3O2. The van der Waals surface area contributed by atoms with Crippen LogP contribution in [0.1, 0.15) is 51.0 Å². The van der Waals surface area contributed by atoms with E-state index in [2.05, 4.69) is 17.2 Å². The molecule has 1 N–H and O–H groups in total. The van der Waals surface area contributed by atoms with E-state index in [-0.39, 0.29) is 6.03 Å². The fraction of sp³-hybridized carbons (Fsp3) is 0.300. The molecule has 0 heterocycles. The summed E-state index contributed by atoms with van der Waals surface area (Å²) in [5.74, 6) is 0. The van der Waals surface area contributed by atoms with Crippen LogP contribution in [0.2, 0.25) is 10.0 Å². The van der Waals surface area contributed by atoms with Crippen LogP contribution in [0.4, 0.5) is 16.2 Å². The summed E-state index contributed by atoms with van der Waals surface area (Å²) in [7, 11) is 3.29. The van der Waals surface area contributed by atoms with Crippen LogP contribution < -0.4 is 5.32 Å². The Morgan fingerprint density at radius 1 is 0.865 bits per heavy atom. The Balaban J connectivity index is 0.000000286. The molecule has 3 aromatic rings. The second-order valence-corrected chi connectivity index (χ2v) is 9.09. The number of carbonyl (C=O) groups excluding carboxylic acids is 2. The lowest BCUT2D eigenvalue weighted by Gasteiger charge is -2.13. The molecule has 2 amide bonds. The monoisotopic (exact) mass is 541 g/mol. The number of nitrogens with zero attached hydrogens (tertiary/aromatic N) is 2. The molecule has 5 nitrogen and oxygen atoms in total. The number of aliphatic imine (C=N–C) groups is 1. The highest BCUT2D eigenvalue weighted by Gasteiger charge is 2.08. The summed E-state index contributed by atoms with van der Waals surface area (Å²) in [6, 6.07) is 24.8. The van der Waals surface area contributed by atoms with E-state index in [1.807, 2.05) is 66.9 Å². The minimum atomic E-state index is -0.242. The third kappa shape index (κ3) is 14.9. The maximum Gasteiger partial charge on any atom is 0.321 e. The fourth-order valence-electron chi connectivity index (χ4n) is 2.86. The topological polar surface area (TPSA) is 61.8 Å². The molecule has 3 rings (SSSR count). The van der Waals surface area contributed by atoms with E-state index in [1.54, 1.807) is 32.3 Å². The van der Waals surface area contributed by atoms with Gasteiger partial charge in [0.15, 0.2) is 0 Å². The standard InChI is InChI=1S/C13H11N.C9H10Cl2N2O.C8H16O/c1-3-7-12(8-4-1)11-14-13-9-5-2-6-10-13;1-13(2)9(14)12-7-5-3-4-6(10)8(7)11;1-2-3-4-5-6-7-8-9/h1-11H;3-5H,1-2H3,(H,12,14);8H,2-7H2,1H3. The number of benzene rings is 3. The molecule has 0 fully saturated rings. The van der Waals surface area contributed by atoms with Crippen molar-refractivity contribution in [3.05, 3.63) is 94.5 Å². The van der Waals surface area contributed by atoms with E-state index < -0.39 is 0 Å². The molecule has 0 saturated carbocycles. The van der Waals surface area contributed by atoms with Crippen LogP contribution in [0.3, 0.4) is 0 Å². The summed E-state index contributed by atoms with van der Waals surface area (Å²) < 4.78 is 0. The lowest BCUT2D eigenvalue weighted by Crippen LogP contribution is -2.27. The second kappa shape index (κ2) is 20.0. The van der Waals surface area contributed by atoms with Gasteiger partial charge in [-0.25, -0.2) is 4.79 Å². The first kappa shape index (κ1) is 31.9. The molecule has 0 atom stereocenters. The average Bonchev–Trinajstić information content (AvgIpc) is 2.92. The molecule has 0 aliphatic carbocycles. The van der Waals surface area contributed by atoms with Crippen LogP contribution in [0.25, 0.3) is 0 Å². The molecule has 0 aliphatic heterocycles. The number of hydrogen-bond acceptors (Lipinski definition) is 3. The number of halogens is 2. The molecule has 37 heavy (non-hydrogen) atoms. The van der Waals surface area contributed by atoms with Gasteiger partial charge in [0, 0.05) is 26.7 Å². The fourth-order valence-corrected chi connectivity index (χ4v) is 3.21. The number of para-hydroxylation sites is 1.